The van der Waals surface area contributed by atoms with E-state index in [4.69, 9.17) is 11.6 Å². The van der Waals surface area contributed by atoms with Crippen molar-refractivity contribution in [2.24, 2.45) is 0 Å². The number of rotatable bonds is 5. The average molecular weight is 344 g/mol. The number of halogens is 1. The van der Waals surface area contributed by atoms with Crippen LogP contribution < -0.4 is 4.72 Å². The van der Waals surface area contributed by atoms with Gasteiger partial charge in [0, 0.05) is 18.0 Å². The molecular formula is C11H10ClN5O2S2. The number of hydrogen-bond acceptors (Lipinski definition) is 6. The van der Waals surface area contributed by atoms with Gasteiger partial charge in [-0.25, -0.2) is 13.1 Å². The number of fused-ring (bicyclic) bond motifs is 1. The molecule has 0 fully saturated rings. The number of nitrogens with zero attached hydrogens (tertiary/aromatic N) is 4. The van der Waals surface area contributed by atoms with Gasteiger partial charge in [-0.1, -0.05) is 22.9 Å². The Bertz CT molecular complexity index is 828. The van der Waals surface area contributed by atoms with Crippen LogP contribution in [-0.2, 0) is 16.4 Å². The highest BCUT2D eigenvalue weighted by atomic mass is 35.5. The molecule has 0 bridgehead atoms. The third-order valence-electron chi connectivity index (χ3n) is 2.68. The van der Waals surface area contributed by atoms with Crippen LogP contribution in [0.4, 0.5) is 0 Å². The van der Waals surface area contributed by atoms with Gasteiger partial charge in [-0.15, -0.1) is 10.2 Å². The van der Waals surface area contributed by atoms with Crippen molar-refractivity contribution in [2.45, 2.75) is 11.3 Å². The van der Waals surface area contributed by atoms with Crippen LogP contribution in [0.25, 0.3) is 4.96 Å². The molecule has 2 aromatic heterocycles. The van der Waals surface area contributed by atoms with Gasteiger partial charge in [0.25, 0.3) is 0 Å². The summed E-state index contributed by atoms with van der Waals surface area (Å²) < 4.78 is 28.2. The van der Waals surface area contributed by atoms with Gasteiger partial charge in [-0.2, -0.15) is 9.61 Å². The number of nitrogens with one attached hydrogen (secondary N) is 1. The highest BCUT2D eigenvalue weighted by Gasteiger charge is 2.14. The van der Waals surface area contributed by atoms with Crippen molar-refractivity contribution in [2.75, 3.05) is 6.54 Å². The van der Waals surface area contributed by atoms with E-state index < -0.39 is 10.0 Å². The predicted octanol–water partition coefficient (Wildman–Crippen LogP) is 1.36. The van der Waals surface area contributed by atoms with E-state index in [0.29, 0.717) is 16.4 Å². The molecule has 3 aromatic rings. The van der Waals surface area contributed by atoms with Crippen LogP contribution in [0.5, 0.6) is 0 Å². The minimum atomic E-state index is -3.53. The molecule has 10 heteroatoms. The SMILES string of the molecule is O=S(=O)(NCCc1nn2cnnc2s1)c1ccc(Cl)cc1. The lowest BCUT2D eigenvalue weighted by molar-refractivity contribution is 0.581. The van der Waals surface area contributed by atoms with Gasteiger partial charge in [-0.05, 0) is 24.3 Å². The van der Waals surface area contributed by atoms with Gasteiger partial charge >= 0.3 is 0 Å². The Hall–Kier alpha value is -1.55. The molecule has 2 heterocycles. The standard InChI is InChI=1S/C11H10ClN5O2S2/c12-8-1-3-9(4-2-8)21(18,19)14-6-5-10-16-17-7-13-15-11(17)20-10/h1-4,7,14H,5-6H2. The molecule has 0 saturated carbocycles. The molecule has 0 amide bonds. The van der Waals surface area contributed by atoms with Crippen molar-refractivity contribution < 1.29 is 8.42 Å². The lowest BCUT2D eigenvalue weighted by Crippen LogP contribution is -2.25. The maximum atomic E-state index is 12.1. The minimum Gasteiger partial charge on any atom is -0.211 e. The summed E-state index contributed by atoms with van der Waals surface area (Å²) in [6.07, 6.45) is 1.99. The zero-order valence-electron chi connectivity index (χ0n) is 10.6. The van der Waals surface area contributed by atoms with E-state index in [2.05, 4.69) is 20.0 Å². The molecule has 0 atom stereocenters. The highest BCUT2D eigenvalue weighted by Crippen LogP contribution is 2.14. The molecule has 110 valence electrons. The summed E-state index contributed by atoms with van der Waals surface area (Å²) in [5.74, 6) is 0. The topological polar surface area (TPSA) is 89.2 Å². The zero-order chi connectivity index (χ0) is 14.9. The van der Waals surface area contributed by atoms with Gasteiger partial charge in [0.05, 0.1) is 4.90 Å². The molecule has 0 aliphatic heterocycles. The van der Waals surface area contributed by atoms with E-state index in [9.17, 15) is 8.42 Å². The Morgan fingerprint density at radius 1 is 1.29 bits per heavy atom. The smallest absolute Gasteiger partial charge is 0.211 e. The Morgan fingerprint density at radius 2 is 2.05 bits per heavy atom. The molecule has 7 nitrogen and oxygen atoms in total. The lowest BCUT2D eigenvalue weighted by Gasteiger charge is -2.05. The predicted molar refractivity (Wildman–Crippen MR) is 79.0 cm³/mol. The number of sulfonamides is 1. The van der Waals surface area contributed by atoms with Crippen LogP contribution in [0.2, 0.25) is 5.02 Å². The van der Waals surface area contributed by atoms with Gasteiger partial charge in [0.2, 0.25) is 15.0 Å². The molecule has 21 heavy (non-hydrogen) atoms. The largest absolute Gasteiger partial charge is 0.240 e. The first-order valence-electron chi connectivity index (χ1n) is 5.95. The van der Waals surface area contributed by atoms with Crippen molar-refractivity contribution >= 4 is 37.9 Å². The monoisotopic (exact) mass is 343 g/mol. The van der Waals surface area contributed by atoms with Crippen molar-refractivity contribution in [1.29, 1.82) is 0 Å². The number of hydrogen-bond donors (Lipinski definition) is 1. The normalized spacial score (nSPS) is 12.0. The lowest BCUT2D eigenvalue weighted by atomic mass is 10.4. The second kappa shape index (κ2) is 5.68. The summed E-state index contributed by atoms with van der Waals surface area (Å²) in [5.41, 5.74) is 0. The fourth-order valence-corrected chi connectivity index (χ4v) is 3.66. The van der Waals surface area contributed by atoms with E-state index in [1.807, 2.05) is 0 Å². The van der Waals surface area contributed by atoms with E-state index in [0.717, 1.165) is 5.01 Å². The Morgan fingerprint density at radius 3 is 2.76 bits per heavy atom. The Labute approximate surface area is 129 Å². The minimum absolute atomic E-state index is 0.185. The maximum Gasteiger partial charge on any atom is 0.240 e. The highest BCUT2D eigenvalue weighted by molar-refractivity contribution is 7.89. The fourth-order valence-electron chi connectivity index (χ4n) is 1.69. The van der Waals surface area contributed by atoms with Gasteiger partial charge in [0.15, 0.2) is 0 Å². The van der Waals surface area contributed by atoms with E-state index in [1.54, 1.807) is 16.6 Å². The van der Waals surface area contributed by atoms with Crippen molar-refractivity contribution in [3.05, 3.63) is 40.6 Å². The molecule has 0 unspecified atom stereocenters. The molecule has 1 aromatic carbocycles. The van der Waals surface area contributed by atoms with Crippen molar-refractivity contribution in [1.82, 2.24) is 24.5 Å². The molecule has 0 aliphatic rings. The van der Waals surface area contributed by atoms with Crippen LogP contribution in [0.15, 0.2) is 35.5 Å². The van der Waals surface area contributed by atoms with Gasteiger partial charge in [0.1, 0.15) is 11.3 Å². The van der Waals surface area contributed by atoms with Crippen LogP contribution >= 0.6 is 22.9 Å². The zero-order valence-corrected chi connectivity index (χ0v) is 13.0. The van der Waals surface area contributed by atoms with Gasteiger partial charge in [-0.3, -0.25) is 0 Å². The van der Waals surface area contributed by atoms with Crippen molar-refractivity contribution in [3.8, 4) is 0 Å². The molecule has 0 saturated heterocycles. The van der Waals surface area contributed by atoms with Crippen LogP contribution in [0.3, 0.4) is 0 Å². The number of benzene rings is 1. The third kappa shape index (κ3) is 3.21. The first kappa shape index (κ1) is 14.4. The average Bonchev–Trinajstić information content (AvgIpc) is 3.00. The quantitative estimate of drug-likeness (QED) is 0.755. The molecular weight excluding hydrogens is 334 g/mol. The summed E-state index contributed by atoms with van der Waals surface area (Å²) in [6, 6.07) is 6.01. The molecule has 0 aliphatic carbocycles. The van der Waals surface area contributed by atoms with E-state index >= 15 is 0 Å². The summed E-state index contributed by atoms with van der Waals surface area (Å²) in [7, 11) is -3.53. The van der Waals surface area contributed by atoms with Crippen LogP contribution in [0, 0.1) is 0 Å². The van der Waals surface area contributed by atoms with Crippen LogP contribution in [-0.4, -0.2) is 34.8 Å². The molecule has 0 spiro atoms. The molecule has 0 radical (unpaired) electrons. The summed E-state index contributed by atoms with van der Waals surface area (Å²) >= 11 is 7.12. The Balaban J connectivity index is 1.64. The summed E-state index contributed by atoms with van der Waals surface area (Å²) in [6.45, 7) is 0.259. The van der Waals surface area contributed by atoms with Crippen LogP contribution in [0.1, 0.15) is 5.01 Å². The second-order valence-corrected chi connectivity index (χ2v) is 7.40. The van der Waals surface area contributed by atoms with E-state index in [1.165, 1.54) is 29.8 Å². The molecule has 1 N–H and O–H groups in total. The maximum absolute atomic E-state index is 12.1. The second-order valence-electron chi connectivity index (χ2n) is 4.16. The fraction of sp³-hybridized carbons (Fsp3) is 0.182. The van der Waals surface area contributed by atoms with Gasteiger partial charge < -0.3 is 0 Å². The third-order valence-corrected chi connectivity index (χ3v) is 5.39. The first-order chi connectivity index (χ1) is 10.0. The number of aromatic nitrogens is 4. The summed E-state index contributed by atoms with van der Waals surface area (Å²) in [5, 5.41) is 13.1. The first-order valence-corrected chi connectivity index (χ1v) is 8.63. The Kier molecular flexibility index (Phi) is 3.89. The summed E-state index contributed by atoms with van der Waals surface area (Å²) in [4.78, 5) is 0.871. The molecule has 3 rings (SSSR count). The van der Waals surface area contributed by atoms with Crippen molar-refractivity contribution in [3.63, 3.8) is 0 Å². The van der Waals surface area contributed by atoms with E-state index in [-0.39, 0.29) is 11.4 Å².